The van der Waals surface area contributed by atoms with Gasteiger partial charge >= 0.3 is 0 Å². The van der Waals surface area contributed by atoms with Crippen LogP contribution >= 0.6 is 0 Å². The maximum atomic E-state index is 10.7. The Morgan fingerprint density at radius 1 is 1.56 bits per heavy atom. The van der Waals surface area contributed by atoms with E-state index in [0.717, 1.165) is 19.4 Å². The highest BCUT2D eigenvalue weighted by Crippen LogP contribution is 2.00. The Labute approximate surface area is 55.0 Å². The van der Waals surface area contributed by atoms with Gasteiger partial charge in [0, 0.05) is 20.0 Å². The van der Waals surface area contributed by atoms with Gasteiger partial charge < -0.3 is 0 Å². The number of nitrogens with zero attached hydrogens (tertiary/aromatic N) is 1. The molecule has 52 valence electrons. The minimum atomic E-state index is 0.148. The van der Waals surface area contributed by atoms with Crippen LogP contribution in [-0.4, -0.2) is 24.5 Å². The molecule has 0 aromatic rings. The fraction of sp³-hybridized carbons (Fsp3) is 0.833. The molecule has 9 heavy (non-hydrogen) atoms. The summed E-state index contributed by atoms with van der Waals surface area (Å²) in [5.74, 6) is 0.148. The molecule has 3 nitrogen and oxygen atoms in total. The van der Waals surface area contributed by atoms with Gasteiger partial charge in [0.15, 0.2) is 0 Å². The molecule has 0 bridgehead atoms. The Morgan fingerprint density at radius 3 is 3.11 bits per heavy atom. The van der Waals surface area contributed by atoms with Gasteiger partial charge in [-0.3, -0.25) is 10.2 Å². The lowest BCUT2D eigenvalue weighted by Crippen LogP contribution is -2.37. The Kier molecular flexibility index (Phi) is 2.05. The summed E-state index contributed by atoms with van der Waals surface area (Å²) >= 11 is 0. The van der Waals surface area contributed by atoms with Crippen LogP contribution in [0.3, 0.4) is 0 Å². The third-order valence-corrected chi connectivity index (χ3v) is 1.46. The average Bonchev–Trinajstić information content (AvgIpc) is 1.93. The molecule has 0 spiro atoms. The van der Waals surface area contributed by atoms with Crippen LogP contribution in [0, 0.1) is 0 Å². The van der Waals surface area contributed by atoms with Crippen molar-refractivity contribution >= 4 is 5.91 Å². The maximum Gasteiger partial charge on any atom is 0.234 e. The van der Waals surface area contributed by atoms with Gasteiger partial charge in [0.1, 0.15) is 0 Å². The molecule has 1 aliphatic heterocycles. The van der Waals surface area contributed by atoms with Crippen LogP contribution in [0.25, 0.3) is 0 Å². The lowest BCUT2D eigenvalue weighted by molar-refractivity contribution is -0.124. The number of rotatable bonds is 0. The van der Waals surface area contributed by atoms with E-state index in [0.29, 0.717) is 6.42 Å². The van der Waals surface area contributed by atoms with Crippen LogP contribution in [0.2, 0.25) is 0 Å². The first-order valence-corrected chi connectivity index (χ1v) is 3.29. The molecule has 0 unspecified atom stereocenters. The highest BCUT2D eigenvalue weighted by Gasteiger charge is 2.08. The van der Waals surface area contributed by atoms with Crippen molar-refractivity contribution in [3.63, 3.8) is 0 Å². The van der Waals surface area contributed by atoms with E-state index in [2.05, 4.69) is 5.43 Å². The van der Waals surface area contributed by atoms with Gasteiger partial charge in [-0.15, -0.1) is 0 Å². The highest BCUT2D eigenvalue weighted by atomic mass is 16.2. The molecule has 0 aliphatic carbocycles. The van der Waals surface area contributed by atoms with E-state index < -0.39 is 0 Å². The van der Waals surface area contributed by atoms with E-state index in [1.807, 2.05) is 12.1 Å². The third kappa shape index (κ3) is 2.01. The summed E-state index contributed by atoms with van der Waals surface area (Å²) < 4.78 is 0. The molecule has 1 aliphatic rings. The average molecular weight is 128 g/mol. The standard InChI is InChI=1S/C6H12N2O/c1-8-5-3-2-4-6(9)7-8/h2-5H2,1H3,(H,7,9). The number of hydrogen-bond acceptors (Lipinski definition) is 2. The molecule has 0 radical (unpaired) electrons. The molecule has 3 heteroatoms. The monoisotopic (exact) mass is 128 g/mol. The summed E-state index contributed by atoms with van der Waals surface area (Å²) in [5.41, 5.74) is 2.74. The van der Waals surface area contributed by atoms with Crippen molar-refractivity contribution in [3.8, 4) is 0 Å². The zero-order valence-corrected chi connectivity index (χ0v) is 5.68. The number of hydrazine groups is 1. The second kappa shape index (κ2) is 2.82. The number of hydrogen-bond donors (Lipinski definition) is 1. The fourth-order valence-electron chi connectivity index (χ4n) is 0.959. The first-order chi connectivity index (χ1) is 4.29. The zero-order valence-electron chi connectivity index (χ0n) is 5.68. The number of amides is 1. The van der Waals surface area contributed by atoms with Gasteiger partial charge in [-0.25, -0.2) is 5.01 Å². The Balaban J connectivity index is 2.37. The van der Waals surface area contributed by atoms with Gasteiger partial charge in [-0.05, 0) is 12.8 Å². The molecule has 1 amide bonds. The summed E-state index contributed by atoms with van der Waals surface area (Å²) in [6, 6.07) is 0. The van der Waals surface area contributed by atoms with E-state index in [1.54, 1.807) is 0 Å². The second-order valence-corrected chi connectivity index (χ2v) is 2.41. The van der Waals surface area contributed by atoms with Crippen molar-refractivity contribution in [1.29, 1.82) is 0 Å². The van der Waals surface area contributed by atoms with Crippen LogP contribution in [0.1, 0.15) is 19.3 Å². The minimum Gasteiger partial charge on any atom is -0.289 e. The molecule has 0 saturated carbocycles. The molecule has 0 atom stereocenters. The van der Waals surface area contributed by atoms with Crippen LogP contribution in [0.4, 0.5) is 0 Å². The van der Waals surface area contributed by atoms with Crippen molar-refractivity contribution < 1.29 is 4.79 Å². The van der Waals surface area contributed by atoms with Gasteiger partial charge in [-0.1, -0.05) is 0 Å². The second-order valence-electron chi connectivity index (χ2n) is 2.41. The Morgan fingerprint density at radius 2 is 2.33 bits per heavy atom. The zero-order chi connectivity index (χ0) is 6.69. The van der Waals surface area contributed by atoms with Crippen LogP contribution in [0.15, 0.2) is 0 Å². The van der Waals surface area contributed by atoms with Gasteiger partial charge in [-0.2, -0.15) is 0 Å². The number of nitrogens with one attached hydrogen (secondary N) is 1. The molecule has 1 fully saturated rings. The van der Waals surface area contributed by atoms with Crippen LogP contribution < -0.4 is 5.43 Å². The quantitative estimate of drug-likeness (QED) is 0.503. The smallest absolute Gasteiger partial charge is 0.234 e. The molecule has 1 N–H and O–H groups in total. The summed E-state index contributed by atoms with van der Waals surface area (Å²) in [7, 11) is 1.89. The van der Waals surface area contributed by atoms with Crippen molar-refractivity contribution in [2.45, 2.75) is 19.3 Å². The summed E-state index contributed by atoms with van der Waals surface area (Å²) in [6.07, 6.45) is 2.83. The predicted molar refractivity (Wildman–Crippen MR) is 34.6 cm³/mol. The SMILES string of the molecule is CN1CCCCC(=O)N1. The van der Waals surface area contributed by atoms with Gasteiger partial charge in [0.25, 0.3) is 0 Å². The van der Waals surface area contributed by atoms with Crippen molar-refractivity contribution in [2.75, 3.05) is 13.6 Å². The molecule has 1 saturated heterocycles. The van der Waals surface area contributed by atoms with Crippen LogP contribution in [0.5, 0.6) is 0 Å². The highest BCUT2D eigenvalue weighted by molar-refractivity contribution is 5.75. The fourth-order valence-corrected chi connectivity index (χ4v) is 0.959. The van der Waals surface area contributed by atoms with Crippen LogP contribution in [-0.2, 0) is 4.79 Å². The molecule has 1 heterocycles. The molecule has 0 aromatic heterocycles. The predicted octanol–water partition coefficient (Wildman–Crippen LogP) is 0.133. The molecular formula is C6H12N2O. The van der Waals surface area contributed by atoms with E-state index in [1.165, 1.54) is 0 Å². The normalized spacial score (nSPS) is 23.0. The first kappa shape index (κ1) is 6.55. The van der Waals surface area contributed by atoms with Crippen molar-refractivity contribution in [1.82, 2.24) is 10.4 Å². The number of carbonyl (C=O) groups excluding carboxylic acids is 1. The lowest BCUT2D eigenvalue weighted by atomic mass is 10.2. The Bertz CT molecular complexity index is 114. The summed E-state index contributed by atoms with van der Waals surface area (Å²) in [5, 5.41) is 1.84. The minimum absolute atomic E-state index is 0.148. The van der Waals surface area contributed by atoms with E-state index in [4.69, 9.17) is 0 Å². The summed E-state index contributed by atoms with van der Waals surface area (Å²) in [6.45, 7) is 0.978. The first-order valence-electron chi connectivity index (χ1n) is 3.29. The lowest BCUT2D eigenvalue weighted by Gasteiger charge is -2.12. The van der Waals surface area contributed by atoms with Gasteiger partial charge in [0.05, 0.1) is 0 Å². The number of carbonyl (C=O) groups is 1. The van der Waals surface area contributed by atoms with E-state index in [9.17, 15) is 4.79 Å². The van der Waals surface area contributed by atoms with Crippen molar-refractivity contribution in [2.24, 2.45) is 0 Å². The maximum absolute atomic E-state index is 10.7. The largest absolute Gasteiger partial charge is 0.289 e. The van der Waals surface area contributed by atoms with E-state index in [-0.39, 0.29) is 5.91 Å². The van der Waals surface area contributed by atoms with E-state index >= 15 is 0 Å². The third-order valence-electron chi connectivity index (χ3n) is 1.46. The topological polar surface area (TPSA) is 32.3 Å². The molecule has 0 aromatic carbocycles. The Hall–Kier alpha value is -0.570. The van der Waals surface area contributed by atoms with Crippen molar-refractivity contribution in [3.05, 3.63) is 0 Å². The summed E-state index contributed by atoms with van der Waals surface area (Å²) in [4.78, 5) is 10.7. The van der Waals surface area contributed by atoms with Gasteiger partial charge in [0.2, 0.25) is 5.91 Å². The molecular weight excluding hydrogens is 116 g/mol. The molecule has 1 rings (SSSR count).